The smallest absolute Gasteiger partial charge is 0.252 e. The van der Waals surface area contributed by atoms with Crippen LogP contribution in [0.5, 0.6) is 0 Å². The Morgan fingerprint density at radius 1 is 0.592 bits per heavy atom. The lowest BCUT2D eigenvalue weighted by Crippen LogP contribution is -2.42. The summed E-state index contributed by atoms with van der Waals surface area (Å²) in [7, 11) is -10.5. The highest BCUT2D eigenvalue weighted by Gasteiger charge is 2.32. The van der Waals surface area contributed by atoms with Crippen molar-refractivity contribution in [3.8, 4) is 0 Å². The summed E-state index contributed by atoms with van der Waals surface area (Å²) >= 11 is 14.0. The molecule has 16 nitrogen and oxygen atoms in total. The van der Waals surface area contributed by atoms with Crippen molar-refractivity contribution in [2.24, 2.45) is 5.73 Å². The normalized spacial score (nSPS) is 15.3. The Morgan fingerprint density at radius 3 is 1.41 bits per heavy atom. The van der Waals surface area contributed by atoms with Gasteiger partial charge in [-0.2, -0.15) is 8.61 Å². The summed E-state index contributed by atoms with van der Waals surface area (Å²) in [6.45, 7) is 1.99. The second-order valence-electron chi connectivity index (χ2n) is 16.8. The number of sulfone groups is 1. The number of nitrogens with zero attached hydrogens (tertiary/aromatic N) is 2. The molecule has 2 aliphatic heterocycles. The SMILES string of the molecule is CS(=O)(=O)c1cccc(NC2CCN(S(=O)(=O)c3ccc(CNC(=O)c4ccc(Cl)cc4)s3)CC2)c1.N=C(N)c1cccc(NC2CCN(S(=O)(=O)c3ccc(CNC(=O)c4ccc(Cl)cc4)s3)CC2)c1. The molecular formula is C48H52Cl2N8O8S5. The molecule has 0 radical (unpaired) electrons. The summed E-state index contributed by atoms with van der Waals surface area (Å²) in [5.41, 5.74) is 8.73. The molecule has 71 heavy (non-hydrogen) atoms. The van der Waals surface area contributed by atoms with E-state index in [0.717, 1.165) is 26.8 Å². The van der Waals surface area contributed by atoms with Crippen LogP contribution in [0.1, 0.15) is 61.7 Å². The lowest BCUT2D eigenvalue weighted by Gasteiger charge is -2.31. The molecule has 0 bridgehead atoms. The number of sulfonamides is 2. The van der Waals surface area contributed by atoms with Gasteiger partial charge in [0.1, 0.15) is 14.3 Å². The summed E-state index contributed by atoms with van der Waals surface area (Å²) in [4.78, 5) is 26.3. The lowest BCUT2D eigenvalue weighted by atomic mass is 10.1. The van der Waals surface area contributed by atoms with Crippen LogP contribution in [0.4, 0.5) is 11.4 Å². The molecule has 0 saturated carbocycles. The molecule has 0 spiro atoms. The molecule has 7 N–H and O–H groups in total. The lowest BCUT2D eigenvalue weighted by molar-refractivity contribution is 0.0943. The van der Waals surface area contributed by atoms with Crippen molar-refractivity contribution >= 4 is 105 Å². The number of benzene rings is 4. The van der Waals surface area contributed by atoms with Gasteiger partial charge in [-0.3, -0.25) is 15.0 Å². The highest BCUT2D eigenvalue weighted by Crippen LogP contribution is 2.30. The van der Waals surface area contributed by atoms with Crippen LogP contribution in [0.15, 0.2) is 135 Å². The van der Waals surface area contributed by atoms with Crippen LogP contribution < -0.4 is 27.0 Å². The highest BCUT2D eigenvalue weighted by atomic mass is 35.5. The first kappa shape index (κ1) is 53.4. The Bertz CT molecular complexity index is 3190. The number of nitrogens with two attached hydrogens (primary N) is 1. The van der Waals surface area contributed by atoms with Crippen molar-refractivity contribution in [1.29, 1.82) is 5.41 Å². The Hall–Kier alpha value is -5.36. The van der Waals surface area contributed by atoms with Crippen LogP contribution >= 0.6 is 45.9 Å². The number of anilines is 2. The summed E-state index contributed by atoms with van der Waals surface area (Å²) in [6, 6.07) is 33.9. The van der Waals surface area contributed by atoms with Gasteiger partial charge in [-0.1, -0.05) is 41.4 Å². The van der Waals surface area contributed by atoms with Gasteiger partial charge in [0, 0.05) is 92.4 Å². The van der Waals surface area contributed by atoms with Crippen molar-refractivity contribution < 1.29 is 34.8 Å². The maximum atomic E-state index is 13.2. The summed E-state index contributed by atoms with van der Waals surface area (Å²) < 4.78 is 79.7. The number of piperidine rings is 2. The van der Waals surface area contributed by atoms with E-state index in [2.05, 4.69) is 21.3 Å². The molecule has 0 aliphatic carbocycles. The van der Waals surface area contributed by atoms with E-state index in [4.69, 9.17) is 34.3 Å². The maximum absolute atomic E-state index is 13.2. The molecule has 4 aromatic carbocycles. The van der Waals surface area contributed by atoms with Crippen LogP contribution in [-0.4, -0.2) is 96.0 Å². The van der Waals surface area contributed by atoms with E-state index in [0.29, 0.717) is 84.3 Å². The van der Waals surface area contributed by atoms with Gasteiger partial charge < -0.3 is 27.0 Å². The third-order valence-electron chi connectivity index (χ3n) is 11.6. The number of hydrogen-bond donors (Lipinski definition) is 6. The van der Waals surface area contributed by atoms with Gasteiger partial charge in [0.15, 0.2) is 9.84 Å². The number of hydrogen-bond acceptors (Lipinski definition) is 13. The largest absolute Gasteiger partial charge is 0.384 e. The van der Waals surface area contributed by atoms with Gasteiger partial charge in [-0.15, -0.1) is 22.7 Å². The Kier molecular flexibility index (Phi) is 17.7. The molecule has 23 heteroatoms. The molecule has 2 amide bonds. The average molecular weight is 1100 g/mol. The molecule has 0 atom stereocenters. The number of carbonyl (C=O) groups excluding carboxylic acids is 2. The van der Waals surface area contributed by atoms with Gasteiger partial charge in [0.05, 0.1) is 18.0 Å². The van der Waals surface area contributed by atoms with Crippen LogP contribution in [0.25, 0.3) is 0 Å². The van der Waals surface area contributed by atoms with Crippen LogP contribution in [0.3, 0.4) is 0 Å². The zero-order valence-electron chi connectivity index (χ0n) is 38.3. The fourth-order valence-corrected chi connectivity index (χ4v) is 14.5. The monoisotopic (exact) mass is 1100 g/mol. The molecule has 0 unspecified atom stereocenters. The average Bonchev–Trinajstić information content (AvgIpc) is 4.05. The zero-order valence-corrected chi connectivity index (χ0v) is 43.9. The molecule has 2 aromatic heterocycles. The molecule has 376 valence electrons. The van der Waals surface area contributed by atoms with Crippen molar-refractivity contribution in [3.05, 3.63) is 158 Å². The third-order valence-corrected chi connectivity index (χ3v) is 20.1. The fraction of sp³-hybridized carbons (Fsp3) is 0.271. The van der Waals surface area contributed by atoms with E-state index in [-0.39, 0.29) is 56.1 Å². The summed E-state index contributed by atoms with van der Waals surface area (Å²) in [5.74, 6) is -0.501. The topological polar surface area (TPSA) is 241 Å². The standard InChI is InChI=1S/C24H26ClN5O3S2.C24H26ClN3O5S3/c25-18-6-4-16(5-7-18)24(31)28-15-21-8-9-22(34-21)35(32,33)30-12-10-19(11-13-30)29-20-3-1-2-17(14-20)23(26)27;1-35(30,31)22-4-2-3-20(15-22)27-19-11-13-28(14-12-19)36(32,33)23-10-9-21(34-23)16-26-24(29)17-5-7-18(25)8-6-17/h1-9,14,19,29H,10-13,15H2,(H3,26,27)(H,28,31);2-10,15,19,27H,11-14,16H2,1H3,(H,26,29). The summed E-state index contributed by atoms with van der Waals surface area (Å²) in [6.07, 6.45) is 3.69. The molecule has 4 heterocycles. The van der Waals surface area contributed by atoms with E-state index < -0.39 is 29.9 Å². The van der Waals surface area contributed by atoms with Gasteiger partial charge in [-0.05, 0) is 129 Å². The zero-order chi connectivity index (χ0) is 50.9. The number of carbonyl (C=O) groups is 2. The number of thiophene rings is 2. The summed E-state index contributed by atoms with van der Waals surface area (Å²) in [5, 5.41) is 21.0. The van der Waals surface area contributed by atoms with Gasteiger partial charge in [0.2, 0.25) is 0 Å². The Labute approximate surface area is 432 Å². The molecular weight excluding hydrogens is 1050 g/mol. The van der Waals surface area contributed by atoms with E-state index >= 15 is 0 Å². The maximum Gasteiger partial charge on any atom is 0.252 e. The Balaban J connectivity index is 0.000000209. The van der Waals surface area contributed by atoms with Gasteiger partial charge >= 0.3 is 0 Å². The minimum Gasteiger partial charge on any atom is -0.384 e. The van der Waals surface area contributed by atoms with Crippen molar-refractivity contribution in [1.82, 2.24) is 19.2 Å². The number of rotatable bonds is 16. The van der Waals surface area contributed by atoms with E-state index in [1.165, 1.54) is 26.2 Å². The second-order valence-corrected chi connectivity index (χ2v) is 26.3. The second kappa shape index (κ2) is 23.5. The molecule has 2 saturated heterocycles. The molecule has 2 aliphatic rings. The molecule has 8 rings (SSSR count). The first-order valence-electron chi connectivity index (χ1n) is 22.3. The number of halogens is 2. The van der Waals surface area contributed by atoms with E-state index in [9.17, 15) is 34.8 Å². The van der Waals surface area contributed by atoms with Crippen molar-refractivity contribution in [2.45, 2.75) is 64.2 Å². The first-order chi connectivity index (χ1) is 33.7. The Morgan fingerprint density at radius 2 is 1.00 bits per heavy atom. The minimum atomic E-state index is -3.64. The first-order valence-corrected chi connectivity index (χ1v) is 29.4. The number of nitrogen functional groups attached to an aromatic ring is 1. The predicted octanol–water partition coefficient (Wildman–Crippen LogP) is 7.88. The number of amides is 2. The van der Waals surface area contributed by atoms with Crippen LogP contribution in [0.2, 0.25) is 10.0 Å². The predicted molar refractivity (Wildman–Crippen MR) is 282 cm³/mol. The quantitative estimate of drug-likeness (QED) is 0.0402. The van der Waals surface area contributed by atoms with Gasteiger partial charge in [-0.25, -0.2) is 25.3 Å². The van der Waals surface area contributed by atoms with Crippen molar-refractivity contribution in [2.75, 3.05) is 43.1 Å². The van der Waals surface area contributed by atoms with Crippen LogP contribution in [0, 0.1) is 5.41 Å². The fourth-order valence-electron chi connectivity index (χ4n) is 7.73. The van der Waals surface area contributed by atoms with Crippen molar-refractivity contribution in [3.63, 3.8) is 0 Å². The van der Waals surface area contributed by atoms with E-state index in [1.54, 1.807) is 103 Å². The number of nitrogens with one attached hydrogen (secondary N) is 5. The van der Waals surface area contributed by atoms with Crippen LogP contribution in [-0.2, 0) is 43.0 Å². The van der Waals surface area contributed by atoms with Gasteiger partial charge in [0.25, 0.3) is 31.9 Å². The minimum absolute atomic E-state index is 0.00873. The number of amidine groups is 1. The third kappa shape index (κ3) is 14.4. The highest BCUT2D eigenvalue weighted by molar-refractivity contribution is 7.91. The molecule has 6 aromatic rings. The molecule has 2 fully saturated rings. The van der Waals surface area contributed by atoms with E-state index in [1.807, 2.05) is 18.2 Å².